The molecule has 1 saturated carbocycles. The fraction of sp³-hybridized carbons (Fsp3) is 0.526. The van der Waals surface area contributed by atoms with Crippen LogP contribution >= 0.6 is 0 Å². The fourth-order valence-corrected chi connectivity index (χ4v) is 3.76. The molecule has 1 aromatic carbocycles. The second-order valence-electron chi connectivity index (χ2n) is 7.03. The van der Waals surface area contributed by atoms with Gasteiger partial charge in [0.1, 0.15) is 11.3 Å². The molecule has 3 rings (SSSR count). The van der Waals surface area contributed by atoms with E-state index >= 15 is 0 Å². The predicted octanol–water partition coefficient (Wildman–Crippen LogP) is 2.13. The van der Waals surface area contributed by atoms with Crippen LogP contribution in [0.3, 0.4) is 0 Å². The Hall–Kier alpha value is -2.77. The number of rotatable bonds is 5. The highest BCUT2D eigenvalue weighted by Crippen LogP contribution is 2.32. The third-order valence-electron chi connectivity index (χ3n) is 5.31. The van der Waals surface area contributed by atoms with Gasteiger partial charge in [0.05, 0.1) is 12.8 Å². The summed E-state index contributed by atoms with van der Waals surface area (Å²) in [6.07, 6.45) is 4.34. The topological polar surface area (TPSA) is 108 Å². The molecule has 0 radical (unpaired) electrons. The Kier molecular flexibility index (Phi) is 5.53. The number of benzene rings is 1. The third-order valence-corrected chi connectivity index (χ3v) is 5.31. The first kappa shape index (κ1) is 19.0. The van der Waals surface area contributed by atoms with E-state index in [0.29, 0.717) is 42.9 Å². The van der Waals surface area contributed by atoms with Gasteiger partial charge in [0, 0.05) is 18.7 Å². The number of ether oxygens (including phenoxy) is 1. The molecular formula is C19H25N3O5. The number of carboxylic acids is 1. The maximum absolute atomic E-state index is 12.8. The maximum atomic E-state index is 12.8. The van der Waals surface area contributed by atoms with E-state index in [2.05, 4.69) is 10.6 Å². The monoisotopic (exact) mass is 375 g/mol. The van der Waals surface area contributed by atoms with Crippen molar-refractivity contribution in [2.45, 2.75) is 44.1 Å². The van der Waals surface area contributed by atoms with Gasteiger partial charge in [0.15, 0.2) is 0 Å². The van der Waals surface area contributed by atoms with Crippen LogP contribution in [0.4, 0.5) is 10.5 Å². The zero-order valence-corrected chi connectivity index (χ0v) is 15.4. The lowest BCUT2D eigenvalue weighted by atomic mass is 9.89. The van der Waals surface area contributed by atoms with Crippen molar-refractivity contribution < 1.29 is 24.2 Å². The van der Waals surface area contributed by atoms with Crippen molar-refractivity contribution in [3.05, 3.63) is 23.8 Å². The van der Waals surface area contributed by atoms with Crippen LogP contribution in [0.25, 0.3) is 0 Å². The van der Waals surface area contributed by atoms with Crippen molar-refractivity contribution in [1.82, 2.24) is 10.6 Å². The molecule has 0 aromatic heterocycles. The summed E-state index contributed by atoms with van der Waals surface area (Å²) in [7, 11) is 1.50. The quantitative estimate of drug-likeness (QED) is 0.683. The summed E-state index contributed by atoms with van der Waals surface area (Å²) in [6.45, 7) is 0.986. The summed E-state index contributed by atoms with van der Waals surface area (Å²) < 4.78 is 5.32. The highest BCUT2D eigenvalue weighted by Gasteiger charge is 2.40. The lowest BCUT2D eigenvalue weighted by Gasteiger charge is -2.29. The molecule has 1 aromatic rings. The zero-order valence-electron chi connectivity index (χ0n) is 15.4. The molecule has 0 bridgehead atoms. The molecular weight excluding hydrogens is 350 g/mol. The average Bonchev–Trinajstić information content (AvgIpc) is 2.94. The SMILES string of the molecule is COc1ccc(C(=O)NC2(C(=O)O)CCCCCC2)cc1N1CCNC1=O. The number of nitrogens with zero attached hydrogens (tertiary/aromatic N) is 1. The van der Waals surface area contributed by atoms with E-state index in [9.17, 15) is 19.5 Å². The highest BCUT2D eigenvalue weighted by atomic mass is 16.5. The molecule has 1 aliphatic carbocycles. The fourth-order valence-electron chi connectivity index (χ4n) is 3.76. The molecule has 0 unspecified atom stereocenters. The molecule has 27 heavy (non-hydrogen) atoms. The maximum Gasteiger partial charge on any atom is 0.329 e. The highest BCUT2D eigenvalue weighted by molar-refractivity contribution is 6.01. The summed E-state index contributed by atoms with van der Waals surface area (Å²) in [5.74, 6) is -0.973. The van der Waals surface area contributed by atoms with Gasteiger partial charge in [0.2, 0.25) is 0 Å². The van der Waals surface area contributed by atoms with Gasteiger partial charge in [-0.15, -0.1) is 0 Å². The molecule has 2 aliphatic rings. The first-order valence-electron chi connectivity index (χ1n) is 9.26. The van der Waals surface area contributed by atoms with Crippen LogP contribution in [0.1, 0.15) is 48.9 Å². The molecule has 146 valence electrons. The molecule has 8 nitrogen and oxygen atoms in total. The third kappa shape index (κ3) is 3.84. The summed E-state index contributed by atoms with van der Waals surface area (Å²) in [5.41, 5.74) is -0.445. The van der Waals surface area contributed by atoms with Crippen molar-refractivity contribution in [3.8, 4) is 5.75 Å². The second-order valence-corrected chi connectivity index (χ2v) is 7.03. The molecule has 1 saturated heterocycles. The van der Waals surface area contributed by atoms with E-state index in [4.69, 9.17) is 4.74 Å². The summed E-state index contributed by atoms with van der Waals surface area (Å²) in [5, 5.41) is 15.2. The standard InChI is InChI=1S/C19H25N3O5/c1-27-15-7-6-13(12-14(15)22-11-10-20-18(22)26)16(23)21-19(17(24)25)8-4-2-3-5-9-19/h6-7,12H,2-5,8-11H2,1H3,(H,20,26)(H,21,23)(H,24,25). The van der Waals surface area contributed by atoms with Crippen LogP contribution in [-0.4, -0.2) is 48.8 Å². The van der Waals surface area contributed by atoms with E-state index in [1.807, 2.05) is 0 Å². The van der Waals surface area contributed by atoms with Crippen LogP contribution in [0.2, 0.25) is 0 Å². The lowest BCUT2D eigenvalue weighted by molar-refractivity contribution is -0.145. The van der Waals surface area contributed by atoms with Crippen LogP contribution in [0.5, 0.6) is 5.75 Å². The first-order chi connectivity index (χ1) is 13.0. The van der Waals surface area contributed by atoms with E-state index in [1.54, 1.807) is 18.2 Å². The van der Waals surface area contributed by atoms with Crippen molar-refractivity contribution in [2.24, 2.45) is 0 Å². The summed E-state index contributed by atoms with van der Waals surface area (Å²) >= 11 is 0. The van der Waals surface area contributed by atoms with Crippen LogP contribution < -0.4 is 20.3 Å². The minimum Gasteiger partial charge on any atom is -0.495 e. The molecule has 3 amide bonds. The van der Waals surface area contributed by atoms with E-state index < -0.39 is 17.4 Å². The number of carbonyl (C=O) groups excluding carboxylic acids is 2. The van der Waals surface area contributed by atoms with Gasteiger partial charge < -0.3 is 20.5 Å². The molecule has 1 aliphatic heterocycles. The van der Waals surface area contributed by atoms with Crippen LogP contribution in [0, 0.1) is 0 Å². The number of hydrogen-bond acceptors (Lipinski definition) is 4. The number of carbonyl (C=O) groups is 3. The van der Waals surface area contributed by atoms with Crippen molar-refractivity contribution in [1.29, 1.82) is 0 Å². The molecule has 0 spiro atoms. The summed E-state index contributed by atoms with van der Waals surface area (Å²) in [4.78, 5) is 38.3. The molecule has 0 atom stereocenters. The summed E-state index contributed by atoms with van der Waals surface area (Å²) in [6, 6.07) is 4.52. The second kappa shape index (κ2) is 7.85. The van der Waals surface area contributed by atoms with E-state index in [0.717, 1.165) is 25.7 Å². The zero-order chi connectivity index (χ0) is 19.4. The van der Waals surface area contributed by atoms with Gasteiger partial charge in [-0.1, -0.05) is 25.7 Å². The number of nitrogens with one attached hydrogen (secondary N) is 2. The largest absolute Gasteiger partial charge is 0.495 e. The normalized spacial score (nSPS) is 19.1. The Labute approximate surface area is 157 Å². The molecule has 2 fully saturated rings. The average molecular weight is 375 g/mol. The van der Waals surface area contributed by atoms with Crippen molar-refractivity contribution in [2.75, 3.05) is 25.1 Å². The smallest absolute Gasteiger partial charge is 0.329 e. The molecule has 8 heteroatoms. The Bertz CT molecular complexity index is 741. The lowest BCUT2D eigenvalue weighted by Crippen LogP contribution is -2.54. The van der Waals surface area contributed by atoms with Gasteiger partial charge in [-0.2, -0.15) is 0 Å². The number of anilines is 1. The van der Waals surface area contributed by atoms with Gasteiger partial charge >= 0.3 is 12.0 Å². The van der Waals surface area contributed by atoms with E-state index in [-0.39, 0.29) is 6.03 Å². The van der Waals surface area contributed by atoms with Gasteiger partial charge in [-0.05, 0) is 31.0 Å². The molecule has 1 heterocycles. The Balaban J connectivity index is 1.87. The van der Waals surface area contributed by atoms with Crippen molar-refractivity contribution in [3.63, 3.8) is 0 Å². The number of aliphatic carboxylic acids is 1. The van der Waals surface area contributed by atoms with Crippen molar-refractivity contribution >= 4 is 23.6 Å². The Morgan fingerprint density at radius 1 is 1.22 bits per heavy atom. The number of urea groups is 1. The minimum atomic E-state index is -1.24. The Morgan fingerprint density at radius 3 is 2.48 bits per heavy atom. The van der Waals surface area contributed by atoms with Crippen LogP contribution in [-0.2, 0) is 4.79 Å². The number of methoxy groups -OCH3 is 1. The van der Waals surface area contributed by atoms with E-state index in [1.165, 1.54) is 12.0 Å². The number of hydrogen-bond donors (Lipinski definition) is 3. The van der Waals surface area contributed by atoms with Gasteiger partial charge in [-0.25, -0.2) is 9.59 Å². The predicted molar refractivity (Wildman–Crippen MR) is 99.3 cm³/mol. The Morgan fingerprint density at radius 2 is 1.93 bits per heavy atom. The number of amides is 3. The van der Waals surface area contributed by atoms with Gasteiger partial charge in [-0.3, -0.25) is 9.69 Å². The number of carboxylic acid groups (broad SMARTS) is 1. The van der Waals surface area contributed by atoms with Gasteiger partial charge in [0.25, 0.3) is 5.91 Å². The first-order valence-corrected chi connectivity index (χ1v) is 9.26. The molecule has 3 N–H and O–H groups in total. The minimum absolute atomic E-state index is 0.253. The van der Waals surface area contributed by atoms with Crippen LogP contribution in [0.15, 0.2) is 18.2 Å².